The van der Waals surface area contributed by atoms with E-state index in [9.17, 15) is 4.79 Å². The number of hydrogen-bond acceptors (Lipinski definition) is 2. The Morgan fingerprint density at radius 3 is 3.08 bits per heavy atom. The first-order valence-electron chi connectivity index (χ1n) is 4.07. The predicted octanol–water partition coefficient (Wildman–Crippen LogP) is 0.409. The van der Waals surface area contributed by atoms with Gasteiger partial charge in [0.1, 0.15) is 0 Å². The minimum atomic E-state index is 0.0769. The van der Waals surface area contributed by atoms with Crippen molar-refractivity contribution in [2.24, 2.45) is 0 Å². The number of aryl methyl sites for hydroxylation is 1. The third-order valence-corrected chi connectivity index (χ3v) is 1.50. The molecule has 0 bridgehead atoms. The van der Waals surface area contributed by atoms with Gasteiger partial charge in [0, 0.05) is 31.9 Å². The van der Waals surface area contributed by atoms with Crippen molar-refractivity contribution in [2.45, 2.75) is 19.9 Å². The maximum absolute atomic E-state index is 11.0. The molecular formula is C8H13N3O. The first-order valence-corrected chi connectivity index (χ1v) is 4.07. The van der Waals surface area contributed by atoms with E-state index in [-0.39, 0.29) is 5.91 Å². The number of nitrogens with zero attached hydrogens (tertiary/aromatic N) is 2. The van der Waals surface area contributed by atoms with Gasteiger partial charge >= 0.3 is 0 Å². The molecule has 0 aliphatic rings. The molecule has 0 aliphatic carbocycles. The van der Waals surface area contributed by atoms with Gasteiger partial charge in [-0.2, -0.15) is 5.10 Å². The maximum Gasteiger partial charge on any atom is 0.221 e. The van der Waals surface area contributed by atoms with Gasteiger partial charge < -0.3 is 5.32 Å². The molecule has 1 rings (SSSR count). The van der Waals surface area contributed by atoms with Crippen LogP contribution in [0.2, 0.25) is 0 Å². The SMILES string of the molecule is CCNC(=O)CCn1cccn1. The average Bonchev–Trinajstić information content (AvgIpc) is 2.53. The summed E-state index contributed by atoms with van der Waals surface area (Å²) in [5.74, 6) is 0.0769. The Hall–Kier alpha value is -1.32. The molecule has 0 spiro atoms. The van der Waals surface area contributed by atoms with Gasteiger partial charge in [0.25, 0.3) is 0 Å². The molecule has 0 radical (unpaired) electrons. The summed E-state index contributed by atoms with van der Waals surface area (Å²) in [4.78, 5) is 11.0. The zero-order valence-corrected chi connectivity index (χ0v) is 7.16. The number of carbonyl (C=O) groups is 1. The fraction of sp³-hybridized carbons (Fsp3) is 0.500. The quantitative estimate of drug-likeness (QED) is 0.706. The highest BCUT2D eigenvalue weighted by molar-refractivity contribution is 5.75. The average molecular weight is 167 g/mol. The van der Waals surface area contributed by atoms with Gasteiger partial charge in [-0.3, -0.25) is 9.48 Å². The molecule has 0 atom stereocenters. The molecule has 12 heavy (non-hydrogen) atoms. The number of amides is 1. The first kappa shape index (κ1) is 8.77. The summed E-state index contributed by atoms with van der Waals surface area (Å²) in [7, 11) is 0. The lowest BCUT2D eigenvalue weighted by atomic mass is 10.4. The Morgan fingerprint density at radius 1 is 1.67 bits per heavy atom. The molecule has 4 heteroatoms. The number of rotatable bonds is 4. The Kier molecular flexibility index (Phi) is 3.32. The summed E-state index contributed by atoms with van der Waals surface area (Å²) in [6.07, 6.45) is 4.05. The Balaban J connectivity index is 2.22. The molecule has 1 aromatic heterocycles. The van der Waals surface area contributed by atoms with Crippen LogP contribution in [0.25, 0.3) is 0 Å². The molecule has 0 saturated carbocycles. The van der Waals surface area contributed by atoms with Crippen molar-refractivity contribution in [3.8, 4) is 0 Å². The van der Waals surface area contributed by atoms with Crippen molar-refractivity contribution < 1.29 is 4.79 Å². The maximum atomic E-state index is 11.0. The number of carbonyl (C=O) groups excluding carboxylic acids is 1. The molecule has 0 fully saturated rings. The molecule has 0 saturated heterocycles. The first-order chi connectivity index (χ1) is 5.83. The summed E-state index contributed by atoms with van der Waals surface area (Å²) < 4.78 is 1.75. The van der Waals surface area contributed by atoms with Gasteiger partial charge in [0.15, 0.2) is 0 Å². The second-order valence-corrected chi connectivity index (χ2v) is 2.47. The molecule has 1 amide bonds. The van der Waals surface area contributed by atoms with Crippen LogP contribution in [0.4, 0.5) is 0 Å². The van der Waals surface area contributed by atoms with Crippen LogP contribution in [0, 0.1) is 0 Å². The van der Waals surface area contributed by atoms with E-state index in [1.165, 1.54) is 0 Å². The van der Waals surface area contributed by atoms with E-state index in [0.29, 0.717) is 19.5 Å². The van der Waals surface area contributed by atoms with Crippen molar-refractivity contribution in [3.05, 3.63) is 18.5 Å². The van der Waals surface area contributed by atoms with Crippen molar-refractivity contribution in [3.63, 3.8) is 0 Å². The molecule has 0 aromatic carbocycles. The summed E-state index contributed by atoms with van der Waals surface area (Å²) in [5, 5.41) is 6.71. The standard InChI is InChI=1S/C8H13N3O/c1-2-9-8(12)4-7-11-6-3-5-10-11/h3,5-6H,2,4,7H2,1H3,(H,9,12). The summed E-state index contributed by atoms with van der Waals surface area (Å²) >= 11 is 0. The van der Waals surface area contributed by atoms with E-state index >= 15 is 0 Å². The van der Waals surface area contributed by atoms with Crippen LogP contribution in [0.3, 0.4) is 0 Å². The van der Waals surface area contributed by atoms with Crippen molar-refractivity contribution in [1.29, 1.82) is 0 Å². The number of hydrogen-bond donors (Lipinski definition) is 1. The van der Waals surface area contributed by atoms with Gasteiger partial charge in [-0.1, -0.05) is 0 Å². The lowest BCUT2D eigenvalue weighted by molar-refractivity contribution is -0.121. The third-order valence-electron chi connectivity index (χ3n) is 1.50. The Morgan fingerprint density at radius 2 is 2.50 bits per heavy atom. The van der Waals surface area contributed by atoms with Crippen LogP contribution in [-0.4, -0.2) is 22.2 Å². The van der Waals surface area contributed by atoms with Crippen LogP contribution in [0.1, 0.15) is 13.3 Å². The summed E-state index contributed by atoms with van der Waals surface area (Å²) in [6, 6.07) is 1.84. The normalized spacial score (nSPS) is 9.75. The molecular weight excluding hydrogens is 154 g/mol. The smallest absolute Gasteiger partial charge is 0.221 e. The minimum Gasteiger partial charge on any atom is -0.356 e. The Bertz CT molecular complexity index is 230. The highest BCUT2D eigenvalue weighted by atomic mass is 16.1. The van der Waals surface area contributed by atoms with Gasteiger partial charge in [0.2, 0.25) is 5.91 Å². The van der Waals surface area contributed by atoms with Gasteiger partial charge in [-0.15, -0.1) is 0 Å². The van der Waals surface area contributed by atoms with Gasteiger partial charge in [-0.25, -0.2) is 0 Å². The van der Waals surface area contributed by atoms with Crippen molar-refractivity contribution in [1.82, 2.24) is 15.1 Å². The summed E-state index contributed by atoms with van der Waals surface area (Å²) in [6.45, 7) is 3.25. The largest absolute Gasteiger partial charge is 0.356 e. The lowest BCUT2D eigenvalue weighted by Gasteiger charge is -2.01. The molecule has 66 valence electrons. The van der Waals surface area contributed by atoms with E-state index in [0.717, 1.165) is 0 Å². The fourth-order valence-electron chi connectivity index (χ4n) is 0.934. The van der Waals surface area contributed by atoms with E-state index < -0.39 is 0 Å². The molecule has 1 heterocycles. The zero-order chi connectivity index (χ0) is 8.81. The topological polar surface area (TPSA) is 46.9 Å². The highest BCUT2D eigenvalue weighted by Gasteiger charge is 1.98. The fourth-order valence-corrected chi connectivity index (χ4v) is 0.934. The number of aromatic nitrogens is 2. The lowest BCUT2D eigenvalue weighted by Crippen LogP contribution is -2.23. The molecule has 0 unspecified atom stereocenters. The van der Waals surface area contributed by atoms with Crippen molar-refractivity contribution >= 4 is 5.91 Å². The van der Waals surface area contributed by atoms with Crippen LogP contribution in [-0.2, 0) is 11.3 Å². The van der Waals surface area contributed by atoms with Crippen LogP contribution >= 0.6 is 0 Å². The Labute approximate surface area is 71.6 Å². The summed E-state index contributed by atoms with van der Waals surface area (Å²) in [5.41, 5.74) is 0. The second-order valence-electron chi connectivity index (χ2n) is 2.47. The van der Waals surface area contributed by atoms with E-state index in [4.69, 9.17) is 0 Å². The number of nitrogens with one attached hydrogen (secondary N) is 1. The third kappa shape index (κ3) is 2.74. The molecule has 1 aromatic rings. The second kappa shape index (κ2) is 4.54. The van der Waals surface area contributed by atoms with Crippen LogP contribution < -0.4 is 5.32 Å². The highest BCUT2D eigenvalue weighted by Crippen LogP contribution is 1.88. The monoisotopic (exact) mass is 167 g/mol. The predicted molar refractivity (Wildman–Crippen MR) is 45.5 cm³/mol. The van der Waals surface area contributed by atoms with Gasteiger partial charge in [0.05, 0.1) is 0 Å². The van der Waals surface area contributed by atoms with E-state index in [1.54, 1.807) is 10.9 Å². The van der Waals surface area contributed by atoms with Crippen LogP contribution in [0.15, 0.2) is 18.5 Å². The minimum absolute atomic E-state index is 0.0769. The van der Waals surface area contributed by atoms with E-state index in [1.807, 2.05) is 19.2 Å². The molecule has 4 nitrogen and oxygen atoms in total. The van der Waals surface area contributed by atoms with Gasteiger partial charge in [-0.05, 0) is 13.0 Å². The zero-order valence-electron chi connectivity index (χ0n) is 7.16. The van der Waals surface area contributed by atoms with Crippen molar-refractivity contribution in [2.75, 3.05) is 6.54 Å². The van der Waals surface area contributed by atoms with Crippen LogP contribution in [0.5, 0.6) is 0 Å². The molecule has 0 aliphatic heterocycles. The van der Waals surface area contributed by atoms with E-state index in [2.05, 4.69) is 10.4 Å². The molecule has 1 N–H and O–H groups in total.